The molecule has 2 N–H and O–H groups in total. The number of carbonyl (C=O) groups is 3. The Morgan fingerprint density at radius 1 is 1.15 bits per heavy atom. The van der Waals surface area contributed by atoms with Gasteiger partial charge in [0, 0.05) is 39.6 Å². The van der Waals surface area contributed by atoms with Crippen molar-refractivity contribution in [3.8, 4) is 0 Å². The molecule has 0 saturated carbocycles. The van der Waals surface area contributed by atoms with Crippen LogP contribution in [0.2, 0.25) is 5.02 Å². The molecule has 2 aliphatic carbocycles. The average Bonchev–Trinajstić information content (AvgIpc) is 2.84. The number of allylic oxidation sites excluding steroid dienone is 6. The summed E-state index contributed by atoms with van der Waals surface area (Å²) >= 11 is 12.4. The number of benzene rings is 2. The number of halogens is 2. The Kier molecular flexibility index (Phi) is 6.78. The quantitative estimate of drug-likeness (QED) is 0.440. The normalized spacial score (nSPS) is 24.6. The van der Waals surface area contributed by atoms with Crippen LogP contribution < -0.4 is 5.73 Å². The minimum Gasteiger partial charge on any atom is -0.465 e. The van der Waals surface area contributed by atoms with Crippen LogP contribution in [0.5, 0.6) is 0 Å². The lowest BCUT2D eigenvalue weighted by atomic mass is 9.57. The van der Waals surface area contributed by atoms with Crippen molar-refractivity contribution in [2.75, 3.05) is 7.11 Å². The molecule has 4 rings (SSSR count). The predicted octanol–water partition coefficient (Wildman–Crippen LogP) is 5.44. The van der Waals surface area contributed by atoms with Gasteiger partial charge in [-0.3, -0.25) is 4.79 Å². The number of nitrogens with two attached hydrogens (primary N) is 1. The molecule has 2 aliphatic rings. The van der Waals surface area contributed by atoms with Crippen molar-refractivity contribution in [1.82, 2.24) is 0 Å². The van der Waals surface area contributed by atoms with Crippen molar-refractivity contribution >= 4 is 46.8 Å². The van der Waals surface area contributed by atoms with Crippen LogP contribution in [0, 0.1) is 11.3 Å². The Balaban J connectivity index is 1.92. The molecule has 0 aromatic heterocycles. The van der Waals surface area contributed by atoms with Gasteiger partial charge in [-0.15, -0.1) is 0 Å². The summed E-state index contributed by atoms with van der Waals surface area (Å²) in [6.45, 7) is 0. The highest BCUT2D eigenvalue weighted by Crippen LogP contribution is 2.53. The molecule has 3 atom stereocenters. The summed E-state index contributed by atoms with van der Waals surface area (Å²) in [6, 6.07) is 13.8. The van der Waals surface area contributed by atoms with Gasteiger partial charge in [0.05, 0.1) is 18.1 Å². The predicted molar refractivity (Wildman–Crippen MR) is 132 cm³/mol. The number of ketones is 1. The van der Waals surface area contributed by atoms with Gasteiger partial charge in [-0.1, -0.05) is 59.6 Å². The van der Waals surface area contributed by atoms with Crippen LogP contribution in [0.25, 0.3) is 5.57 Å². The first kappa shape index (κ1) is 24.0. The highest BCUT2D eigenvalue weighted by atomic mass is 35.5. The molecular weight excluding hydrogens is 473 g/mol. The topological polar surface area (TPSA) is 86.5 Å². The summed E-state index contributed by atoms with van der Waals surface area (Å²) < 4.78 is 4.82. The first-order valence-electron chi connectivity index (χ1n) is 10.8. The molecule has 34 heavy (non-hydrogen) atoms. The van der Waals surface area contributed by atoms with E-state index in [-0.39, 0.29) is 12.2 Å². The maximum absolute atomic E-state index is 13.4. The summed E-state index contributed by atoms with van der Waals surface area (Å²) in [5.41, 5.74) is 7.74. The van der Waals surface area contributed by atoms with Crippen molar-refractivity contribution in [2.45, 2.75) is 18.8 Å². The van der Waals surface area contributed by atoms with Gasteiger partial charge in [-0.05, 0) is 47.9 Å². The zero-order valence-corrected chi connectivity index (χ0v) is 20.0. The molecule has 0 radical (unpaired) electrons. The lowest BCUT2D eigenvalue weighted by Crippen LogP contribution is -2.43. The number of carbonyl (C=O) groups excluding carboxylic acids is 3. The molecule has 0 spiro atoms. The van der Waals surface area contributed by atoms with Gasteiger partial charge in [0.15, 0.2) is 5.78 Å². The van der Waals surface area contributed by atoms with Crippen LogP contribution in [-0.4, -0.2) is 25.1 Å². The van der Waals surface area contributed by atoms with Gasteiger partial charge in [0.25, 0.3) is 0 Å². The van der Waals surface area contributed by atoms with Gasteiger partial charge >= 0.3 is 5.97 Å². The van der Waals surface area contributed by atoms with Gasteiger partial charge in [-0.2, -0.15) is 0 Å². The molecule has 0 amide bonds. The minimum atomic E-state index is -1.14. The molecule has 1 unspecified atom stereocenters. The molecule has 2 aromatic carbocycles. The maximum Gasteiger partial charge on any atom is 0.337 e. The van der Waals surface area contributed by atoms with Crippen LogP contribution in [0.4, 0.5) is 0 Å². The second-order valence-electron chi connectivity index (χ2n) is 8.50. The van der Waals surface area contributed by atoms with Gasteiger partial charge in [0.2, 0.25) is 0 Å². The average molecular weight is 496 g/mol. The molecular formula is C27H23Cl2NO4. The fraction of sp³-hybridized carbons (Fsp3) is 0.222. The number of hydrogen-bond donors (Lipinski definition) is 1. The van der Waals surface area contributed by atoms with E-state index in [1.807, 2.05) is 12.1 Å². The van der Waals surface area contributed by atoms with E-state index >= 15 is 0 Å². The Bertz CT molecular complexity index is 1260. The van der Waals surface area contributed by atoms with E-state index in [0.29, 0.717) is 38.9 Å². The summed E-state index contributed by atoms with van der Waals surface area (Å²) in [5.74, 6) is -1.55. The number of hydrogen-bond acceptors (Lipinski definition) is 5. The maximum atomic E-state index is 13.4. The molecule has 0 fully saturated rings. The highest BCUT2D eigenvalue weighted by Gasteiger charge is 2.50. The number of methoxy groups -OCH3 is 1. The summed E-state index contributed by atoms with van der Waals surface area (Å²) in [7, 11) is 1.30. The molecule has 0 heterocycles. The zero-order valence-electron chi connectivity index (χ0n) is 18.5. The summed E-state index contributed by atoms with van der Waals surface area (Å²) in [6.07, 6.45) is 6.59. The van der Waals surface area contributed by atoms with Gasteiger partial charge < -0.3 is 15.3 Å². The standard InChI is InChI=1S/C27H23Cl2NO4/c1-34-26(33)18-6-2-4-16(10-18)21-14-27(15-31,22-9-8-20(29)12-24(22)30)23(13-25(21)32)17-5-3-7-19(28)11-17/h2-8,10-12,14-15,22-23H,9,13,30H2,1H3/t22?,23-,27-/m0/s1. The van der Waals surface area contributed by atoms with Crippen LogP contribution in [0.3, 0.4) is 0 Å². The van der Waals surface area contributed by atoms with E-state index in [1.165, 1.54) is 7.11 Å². The third-order valence-electron chi connectivity index (χ3n) is 6.60. The second kappa shape index (κ2) is 9.61. The van der Waals surface area contributed by atoms with Gasteiger partial charge in [-0.25, -0.2) is 4.79 Å². The first-order valence-corrected chi connectivity index (χ1v) is 11.5. The largest absolute Gasteiger partial charge is 0.465 e. The van der Waals surface area contributed by atoms with Crippen LogP contribution in [0.15, 0.2) is 77.5 Å². The summed E-state index contributed by atoms with van der Waals surface area (Å²) in [4.78, 5) is 38.5. The van der Waals surface area contributed by atoms with Crippen LogP contribution in [0.1, 0.15) is 40.2 Å². The van der Waals surface area contributed by atoms with E-state index in [4.69, 9.17) is 33.7 Å². The molecule has 5 nitrogen and oxygen atoms in total. The Morgan fingerprint density at radius 2 is 1.91 bits per heavy atom. The van der Waals surface area contributed by atoms with E-state index in [9.17, 15) is 14.4 Å². The number of esters is 1. The molecule has 174 valence electrons. The second-order valence-corrected chi connectivity index (χ2v) is 9.38. The number of aldehydes is 1. The third-order valence-corrected chi connectivity index (χ3v) is 7.10. The highest BCUT2D eigenvalue weighted by molar-refractivity contribution is 6.31. The SMILES string of the molecule is COC(=O)c1cccc(C2=C[C@](C=O)(C3CC=C(Cl)C=C3N)[C@H](c3cccc(Cl)c3)CC2=O)c1. The lowest BCUT2D eigenvalue weighted by molar-refractivity contribution is -0.120. The van der Waals surface area contributed by atoms with Crippen molar-refractivity contribution < 1.29 is 19.1 Å². The molecule has 0 saturated heterocycles. The number of ether oxygens (including phenoxy) is 1. The van der Waals surface area contributed by atoms with Crippen molar-refractivity contribution in [1.29, 1.82) is 0 Å². The Hall–Kier alpha value is -3.15. The minimum absolute atomic E-state index is 0.0780. The first-order chi connectivity index (χ1) is 16.3. The van der Waals surface area contributed by atoms with E-state index in [1.54, 1.807) is 54.6 Å². The monoisotopic (exact) mass is 495 g/mol. The molecule has 0 bridgehead atoms. The van der Waals surface area contributed by atoms with Crippen LogP contribution >= 0.6 is 23.2 Å². The van der Waals surface area contributed by atoms with Crippen LogP contribution in [-0.2, 0) is 14.3 Å². The van der Waals surface area contributed by atoms with Gasteiger partial charge in [0.1, 0.15) is 6.29 Å². The number of rotatable bonds is 5. The molecule has 0 aliphatic heterocycles. The zero-order chi connectivity index (χ0) is 24.5. The van der Waals surface area contributed by atoms with Crippen molar-refractivity contribution in [3.63, 3.8) is 0 Å². The number of Topliss-reactive ketones (excluding diaryl/α,β-unsaturated/α-hetero) is 1. The third kappa shape index (κ3) is 4.33. The Morgan fingerprint density at radius 3 is 2.59 bits per heavy atom. The van der Waals surface area contributed by atoms with Crippen molar-refractivity contribution in [3.05, 3.63) is 99.2 Å². The van der Waals surface area contributed by atoms with E-state index in [2.05, 4.69) is 0 Å². The fourth-order valence-corrected chi connectivity index (χ4v) is 5.34. The van der Waals surface area contributed by atoms with E-state index < -0.39 is 23.2 Å². The molecule has 2 aromatic rings. The summed E-state index contributed by atoms with van der Waals surface area (Å²) in [5, 5.41) is 1.02. The Labute approximate surface area is 207 Å². The van der Waals surface area contributed by atoms with Crippen molar-refractivity contribution in [2.24, 2.45) is 17.1 Å². The lowest BCUT2D eigenvalue weighted by Gasteiger charge is -2.44. The smallest absolute Gasteiger partial charge is 0.337 e. The van der Waals surface area contributed by atoms with E-state index in [0.717, 1.165) is 11.8 Å². The molecule has 7 heteroatoms. The fourth-order valence-electron chi connectivity index (χ4n) is 4.93.